The van der Waals surface area contributed by atoms with Crippen molar-refractivity contribution in [2.45, 2.75) is 0 Å². The zero-order chi connectivity index (χ0) is 36.0. The van der Waals surface area contributed by atoms with Crippen molar-refractivity contribution >= 4 is 76.2 Å². The van der Waals surface area contributed by atoms with E-state index in [0.29, 0.717) is 0 Å². The monoisotopic (exact) mass is 700 g/mol. The van der Waals surface area contributed by atoms with Crippen LogP contribution in [0.2, 0.25) is 0 Å². The molecule has 0 N–H and O–H groups in total. The molecule has 12 rings (SSSR count). The lowest BCUT2D eigenvalue weighted by molar-refractivity contribution is 1.13. The molecule has 0 saturated carbocycles. The Morgan fingerprint density at radius 1 is 0.327 bits per heavy atom. The first-order valence-electron chi connectivity index (χ1n) is 18.8. The van der Waals surface area contributed by atoms with Crippen LogP contribution in [0.25, 0.3) is 104 Å². The van der Waals surface area contributed by atoms with E-state index in [-0.39, 0.29) is 0 Å². The molecule has 8 aromatic carbocycles. The third-order valence-electron chi connectivity index (χ3n) is 11.5. The normalized spacial score (nSPS) is 12.0. The van der Waals surface area contributed by atoms with Crippen LogP contribution >= 0.6 is 0 Å². The van der Waals surface area contributed by atoms with Crippen molar-refractivity contribution in [1.29, 1.82) is 0 Å². The topological polar surface area (TPSA) is 27.7 Å². The summed E-state index contributed by atoms with van der Waals surface area (Å²) in [5, 5.41) is 9.85. The maximum Gasteiger partial charge on any atom is 0.0571 e. The summed E-state index contributed by atoms with van der Waals surface area (Å²) < 4.78 is 7.27. The summed E-state index contributed by atoms with van der Waals surface area (Å²) in [6.45, 7) is 0. The SMILES string of the molecule is c1ccc(-c2cc(-n3c4ccccc4c4c5c6ccccc6n(-c6cccc(-n7c8ccccc8c8cnccc87)c6)c5ccc43)cc3ccccc23)cc1. The minimum absolute atomic E-state index is 1.11. The molecule has 0 aliphatic carbocycles. The molecular formula is C51H32N4. The fourth-order valence-electron chi connectivity index (χ4n) is 9.22. The van der Waals surface area contributed by atoms with Crippen LogP contribution in [0.15, 0.2) is 194 Å². The molecule has 0 bridgehead atoms. The Kier molecular flexibility index (Phi) is 6.31. The van der Waals surface area contributed by atoms with Crippen LogP contribution in [0.5, 0.6) is 0 Å². The molecule has 0 saturated heterocycles. The highest BCUT2D eigenvalue weighted by molar-refractivity contribution is 6.29. The number of hydrogen-bond donors (Lipinski definition) is 0. The van der Waals surface area contributed by atoms with Gasteiger partial charge in [0, 0.05) is 61.8 Å². The maximum atomic E-state index is 4.48. The number of fused-ring (bicyclic) bond motifs is 11. The van der Waals surface area contributed by atoms with Gasteiger partial charge < -0.3 is 13.7 Å². The summed E-state index contributed by atoms with van der Waals surface area (Å²) in [7, 11) is 0. The number of nitrogens with zero attached hydrogens (tertiary/aromatic N) is 4. The molecular weight excluding hydrogens is 669 g/mol. The van der Waals surface area contributed by atoms with Crippen LogP contribution in [-0.2, 0) is 0 Å². The molecule has 4 heterocycles. The molecule has 12 aromatic rings. The molecule has 0 fully saturated rings. The third-order valence-corrected chi connectivity index (χ3v) is 11.5. The second-order valence-corrected chi connectivity index (χ2v) is 14.4. The van der Waals surface area contributed by atoms with E-state index in [4.69, 9.17) is 0 Å². The summed E-state index contributed by atoms with van der Waals surface area (Å²) >= 11 is 0. The zero-order valence-electron chi connectivity index (χ0n) is 29.8. The number of pyridine rings is 1. The number of rotatable bonds is 4. The molecule has 256 valence electrons. The van der Waals surface area contributed by atoms with E-state index in [2.05, 4.69) is 201 Å². The molecule has 0 unspecified atom stereocenters. The summed E-state index contributed by atoms with van der Waals surface area (Å²) in [6, 6.07) is 66.3. The van der Waals surface area contributed by atoms with Gasteiger partial charge in [-0.25, -0.2) is 0 Å². The first kappa shape index (κ1) is 30.1. The van der Waals surface area contributed by atoms with Gasteiger partial charge in [0.25, 0.3) is 0 Å². The van der Waals surface area contributed by atoms with Gasteiger partial charge in [-0.3, -0.25) is 4.98 Å². The van der Waals surface area contributed by atoms with Crippen LogP contribution in [0.1, 0.15) is 0 Å². The fourth-order valence-corrected chi connectivity index (χ4v) is 9.22. The van der Waals surface area contributed by atoms with Gasteiger partial charge in [0.15, 0.2) is 0 Å². The van der Waals surface area contributed by atoms with E-state index in [0.717, 1.165) is 28.0 Å². The average Bonchev–Trinajstić information content (AvgIpc) is 3.89. The van der Waals surface area contributed by atoms with Gasteiger partial charge in [0.1, 0.15) is 0 Å². The maximum absolute atomic E-state index is 4.48. The lowest BCUT2D eigenvalue weighted by Gasteiger charge is -2.14. The van der Waals surface area contributed by atoms with Gasteiger partial charge in [-0.15, -0.1) is 0 Å². The minimum atomic E-state index is 1.11. The Balaban J connectivity index is 1.14. The second-order valence-electron chi connectivity index (χ2n) is 14.4. The van der Waals surface area contributed by atoms with Crippen molar-refractivity contribution in [3.8, 4) is 28.2 Å². The molecule has 0 atom stereocenters. The Hall–Kier alpha value is -7.43. The highest BCUT2D eigenvalue weighted by atomic mass is 15.0. The van der Waals surface area contributed by atoms with Gasteiger partial charge in [-0.1, -0.05) is 115 Å². The van der Waals surface area contributed by atoms with Gasteiger partial charge in [0.05, 0.1) is 33.1 Å². The van der Waals surface area contributed by atoms with Crippen LogP contribution < -0.4 is 0 Å². The zero-order valence-corrected chi connectivity index (χ0v) is 29.8. The molecule has 4 heteroatoms. The van der Waals surface area contributed by atoms with Crippen molar-refractivity contribution in [3.63, 3.8) is 0 Å². The molecule has 0 spiro atoms. The van der Waals surface area contributed by atoms with E-state index < -0.39 is 0 Å². The molecule has 0 amide bonds. The Morgan fingerprint density at radius 3 is 1.55 bits per heavy atom. The van der Waals surface area contributed by atoms with E-state index in [1.807, 2.05) is 12.4 Å². The lowest BCUT2D eigenvalue weighted by Crippen LogP contribution is -1.98. The van der Waals surface area contributed by atoms with Crippen molar-refractivity contribution in [2.75, 3.05) is 0 Å². The van der Waals surface area contributed by atoms with Gasteiger partial charge in [-0.2, -0.15) is 0 Å². The fraction of sp³-hybridized carbons (Fsp3) is 0. The Morgan fingerprint density at radius 2 is 0.855 bits per heavy atom. The number of aromatic nitrogens is 4. The first-order chi connectivity index (χ1) is 27.3. The summed E-state index contributed by atoms with van der Waals surface area (Å²) in [4.78, 5) is 4.48. The predicted molar refractivity (Wildman–Crippen MR) is 230 cm³/mol. The van der Waals surface area contributed by atoms with Crippen LogP contribution in [0, 0.1) is 0 Å². The van der Waals surface area contributed by atoms with Crippen molar-refractivity contribution in [3.05, 3.63) is 194 Å². The van der Waals surface area contributed by atoms with Gasteiger partial charge in [-0.05, 0) is 88.6 Å². The highest BCUT2D eigenvalue weighted by Gasteiger charge is 2.22. The smallest absolute Gasteiger partial charge is 0.0571 e. The van der Waals surface area contributed by atoms with Crippen LogP contribution in [0.4, 0.5) is 0 Å². The first-order valence-corrected chi connectivity index (χ1v) is 18.8. The number of hydrogen-bond acceptors (Lipinski definition) is 1. The van der Waals surface area contributed by atoms with Gasteiger partial charge in [0.2, 0.25) is 0 Å². The predicted octanol–water partition coefficient (Wildman–Crippen LogP) is 13.2. The number of benzene rings is 8. The lowest BCUT2D eigenvalue weighted by atomic mass is 9.97. The highest BCUT2D eigenvalue weighted by Crippen LogP contribution is 2.44. The quantitative estimate of drug-likeness (QED) is 0.180. The summed E-state index contributed by atoms with van der Waals surface area (Å²) in [6.07, 6.45) is 3.86. The van der Waals surface area contributed by atoms with E-state index in [1.54, 1.807) is 0 Å². The molecule has 0 aliphatic heterocycles. The second kappa shape index (κ2) is 11.5. The van der Waals surface area contributed by atoms with Crippen molar-refractivity contribution in [1.82, 2.24) is 18.7 Å². The van der Waals surface area contributed by atoms with E-state index in [1.165, 1.54) is 76.4 Å². The van der Waals surface area contributed by atoms with E-state index >= 15 is 0 Å². The largest absolute Gasteiger partial charge is 0.309 e. The molecule has 0 radical (unpaired) electrons. The van der Waals surface area contributed by atoms with Crippen molar-refractivity contribution < 1.29 is 0 Å². The third kappa shape index (κ3) is 4.31. The average molecular weight is 701 g/mol. The minimum Gasteiger partial charge on any atom is -0.309 e. The van der Waals surface area contributed by atoms with Crippen molar-refractivity contribution in [2.24, 2.45) is 0 Å². The van der Waals surface area contributed by atoms with Crippen LogP contribution in [-0.4, -0.2) is 18.7 Å². The molecule has 4 nitrogen and oxygen atoms in total. The van der Waals surface area contributed by atoms with E-state index in [9.17, 15) is 0 Å². The molecule has 4 aromatic heterocycles. The molecule has 55 heavy (non-hydrogen) atoms. The number of para-hydroxylation sites is 3. The standard InChI is InChI=1S/C51H32N4/c1-2-13-33(14-3-1)42-31-37(29-34-15-4-5-18-38(34)42)55-46-24-11-8-21-41(46)51-49(55)26-25-48-50(51)40-20-7-10-23-45(40)54(48)36-17-12-16-35(30-36)53-44-22-9-6-19-39(44)43-32-52-28-27-47(43)53/h1-32H. The van der Waals surface area contributed by atoms with Gasteiger partial charge >= 0.3 is 0 Å². The Labute approximate surface area is 316 Å². The Bertz CT molecular complexity index is 3440. The summed E-state index contributed by atoms with van der Waals surface area (Å²) in [5.41, 5.74) is 12.9. The van der Waals surface area contributed by atoms with Crippen LogP contribution in [0.3, 0.4) is 0 Å². The summed E-state index contributed by atoms with van der Waals surface area (Å²) in [5.74, 6) is 0. The molecule has 0 aliphatic rings.